The quantitative estimate of drug-likeness (QED) is 0.173. The molecule has 1 heterocycles. The number of thioether (sulfide) groups is 1. The van der Waals surface area contributed by atoms with Crippen LogP contribution < -0.4 is 0 Å². The van der Waals surface area contributed by atoms with E-state index in [4.69, 9.17) is 18.9 Å². The monoisotopic (exact) mass is 536 g/mol. The fourth-order valence-corrected chi connectivity index (χ4v) is 4.40. The lowest BCUT2D eigenvalue weighted by Gasteiger charge is -2.17. The molecule has 0 unspecified atom stereocenters. The van der Waals surface area contributed by atoms with Crippen molar-refractivity contribution in [2.45, 2.75) is 0 Å². The second kappa shape index (κ2) is 13.1. The number of methoxy groups -OCH3 is 4. The van der Waals surface area contributed by atoms with Crippen LogP contribution in [0.1, 0.15) is 32.0 Å². The van der Waals surface area contributed by atoms with E-state index in [0.717, 1.165) is 17.8 Å². The van der Waals surface area contributed by atoms with E-state index in [9.17, 15) is 19.2 Å². The van der Waals surface area contributed by atoms with Gasteiger partial charge in [0.25, 0.3) is 0 Å². The first-order valence-corrected chi connectivity index (χ1v) is 11.8. The third-order valence-corrected chi connectivity index (χ3v) is 6.21. The van der Waals surface area contributed by atoms with E-state index in [1.54, 1.807) is 48.5 Å². The molecular formula is C27H24N2O8S. The second-order valence-electron chi connectivity index (χ2n) is 7.35. The zero-order valence-corrected chi connectivity index (χ0v) is 21.8. The molecule has 0 spiro atoms. The highest BCUT2D eigenvalue weighted by Crippen LogP contribution is 2.41. The Balaban J connectivity index is 2.42. The highest BCUT2D eigenvalue weighted by atomic mass is 32.2. The summed E-state index contributed by atoms with van der Waals surface area (Å²) in [6, 6.07) is 18.0. The predicted octanol–water partition coefficient (Wildman–Crippen LogP) is 3.79. The van der Waals surface area contributed by atoms with Crippen LogP contribution in [-0.2, 0) is 28.5 Å². The smallest absolute Gasteiger partial charge is 0.359 e. The molecule has 3 rings (SSSR count). The maximum atomic E-state index is 12.7. The van der Waals surface area contributed by atoms with Crippen molar-refractivity contribution >= 4 is 46.2 Å². The number of ether oxygens (including phenoxy) is 4. The Morgan fingerprint density at radius 3 is 1.87 bits per heavy atom. The molecule has 0 fully saturated rings. The van der Waals surface area contributed by atoms with Crippen LogP contribution in [0.4, 0.5) is 0 Å². The number of hydrogen-bond donors (Lipinski definition) is 0. The fourth-order valence-electron chi connectivity index (χ4n) is 3.30. The molecule has 0 aliphatic rings. The normalized spacial score (nSPS) is 11.7. The van der Waals surface area contributed by atoms with Gasteiger partial charge >= 0.3 is 23.9 Å². The topological polar surface area (TPSA) is 123 Å². The van der Waals surface area contributed by atoms with E-state index in [-0.39, 0.29) is 16.2 Å². The number of benzene rings is 2. The summed E-state index contributed by atoms with van der Waals surface area (Å²) in [7, 11) is 4.73. The Bertz CT molecular complexity index is 1360. The minimum absolute atomic E-state index is 0.0693. The van der Waals surface area contributed by atoms with Crippen molar-refractivity contribution in [3.8, 4) is 0 Å². The van der Waals surface area contributed by atoms with Crippen LogP contribution in [0.15, 0.2) is 77.8 Å². The molecule has 0 aliphatic carbocycles. The SMILES string of the molecule is COC(=O)/C=C(\S/C(=C(/c1ccccc1)n1cc(C(=O)OC)c(C(=O)OC)n1)c1ccccc1)C(=O)OC. The summed E-state index contributed by atoms with van der Waals surface area (Å²) >= 11 is 0.933. The van der Waals surface area contributed by atoms with Crippen LogP contribution >= 0.6 is 11.8 Å². The summed E-state index contributed by atoms with van der Waals surface area (Å²) in [5.74, 6) is -3.16. The predicted molar refractivity (Wildman–Crippen MR) is 140 cm³/mol. The molecule has 10 nitrogen and oxygen atoms in total. The molecule has 0 aliphatic heterocycles. The lowest BCUT2D eigenvalue weighted by molar-refractivity contribution is -0.137. The van der Waals surface area contributed by atoms with Gasteiger partial charge in [-0.25, -0.2) is 23.9 Å². The summed E-state index contributed by atoms with van der Waals surface area (Å²) in [4.78, 5) is 50.1. The molecule has 0 saturated heterocycles. The van der Waals surface area contributed by atoms with E-state index in [0.29, 0.717) is 21.7 Å². The summed E-state index contributed by atoms with van der Waals surface area (Å²) in [6.07, 6.45) is 2.36. The van der Waals surface area contributed by atoms with E-state index in [1.807, 2.05) is 12.1 Å². The second-order valence-corrected chi connectivity index (χ2v) is 8.41. The van der Waals surface area contributed by atoms with Gasteiger partial charge in [-0.3, -0.25) is 0 Å². The molecule has 2 aromatic carbocycles. The van der Waals surface area contributed by atoms with Crippen molar-refractivity contribution in [1.29, 1.82) is 0 Å². The van der Waals surface area contributed by atoms with Crippen molar-refractivity contribution < 1.29 is 38.1 Å². The lowest BCUT2D eigenvalue weighted by atomic mass is 10.1. The van der Waals surface area contributed by atoms with Gasteiger partial charge in [-0.2, -0.15) is 5.10 Å². The maximum Gasteiger partial charge on any atom is 0.359 e. The third kappa shape index (κ3) is 6.37. The fraction of sp³-hybridized carbons (Fsp3) is 0.148. The molecule has 3 aromatic rings. The van der Waals surface area contributed by atoms with E-state index < -0.39 is 23.9 Å². The summed E-state index contributed by atoms with van der Waals surface area (Å²) in [5.41, 5.74) is 1.27. The first-order valence-electron chi connectivity index (χ1n) is 11.0. The van der Waals surface area contributed by atoms with Gasteiger partial charge in [0.15, 0.2) is 5.69 Å². The molecular weight excluding hydrogens is 512 g/mol. The molecule has 38 heavy (non-hydrogen) atoms. The average molecular weight is 537 g/mol. The van der Waals surface area contributed by atoms with Crippen molar-refractivity contribution in [3.05, 3.63) is 100 Å². The molecule has 0 radical (unpaired) electrons. The van der Waals surface area contributed by atoms with Gasteiger partial charge in [-0.05, 0) is 5.56 Å². The number of carbonyl (C=O) groups excluding carboxylic acids is 4. The van der Waals surface area contributed by atoms with E-state index in [1.165, 1.54) is 39.3 Å². The highest BCUT2D eigenvalue weighted by Gasteiger charge is 2.27. The zero-order valence-electron chi connectivity index (χ0n) is 21.0. The van der Waals surface area contributed by atoms with Crippen LogP contribution in [0.2, 0.25) is 0 Å². The Hall–Kier alpha value is -4.64. The van der Waals surface area contributed by atoms with Crippen molar-refractivity contribution in [1.82, 2.24) is 9.78 Å². The number of carbonyl (C=O) groups is 4. The van der Waals surface area contributed by atoms with Gasteiger partial charge in [-0.15, -0.1) is 0 Å². The Morgan fingerprint density at radius 1 is 0.763 bits per heavy atom. The van der Waals surface area contributed by atoms with Gasteiger partial charge in [-0.1, -0.05) is 72.4 Å². The van der Waals surface area contributed by atoms with Gasteiger partial charge in [0.05, 0.1) is 34.1 Å². The molecule has 1 aromatic heterocycles. The number of hydrogen-bond acceptors (Lipinski definition) is 10. The van der Waals surface area contributed by atoms with Crippen LogP contribution in [0, 0.1) is 0 Å². The van der Waals surface area contributed by atoms with Crippen molar-refractivity contribution in [2.75, 3.05) is 28.4 Å². The average Bonchev–Trinajstić information content (AvgIpc) is 3.40. The standard InChI is InChI=1S/C27H24N2O8S/c1-34-21(30)15-20(26(32)36-3)38-24(18-13-9-6-10-14-18)23(17-11-7-5-8-12-17)29-16-19(25(31)35-2)22(28-29)27(33)37-4/h5-16H,1-4H3/b20-15-,24-23-. The number of nitrogens with zero attached hydrogens (tertiary/aromatic N) is 2. The molecule has 196 valence electrons. The minimum atomic E-state index is -0.841. The number of aromatic nitrogens is 2. The van der Waals surface area contributed by atoms with Gasteiger partial charge < -0.3 is 18.9 Å². The zero-order chi connectivity index (χ0) is 27.7. The Kier molecular flexibility index (Phi) is 9.60. The summed E-state index contributed by atoms with van der Waals surface area (Å²) < 4.78 is 20.6. The van der Waals surface area contributed by atoms with Crippen LogP contribution in [-0.4, -0.2) is 62.1 Å². The first-order chi connectivity index (χ1) is 18.3. The van der Waals surface area contributed by atoms with Gasteiger partial charge in [0, 0.05) is 22.7 Å². The van der Waals surface area contributed by atoms with Gasteiger partial charge in [0.2, 0.25) is 0 Å². The number of rotatable bonds is 9. The molecule has 0 amide bonds. The summed E-state index contributed by atoms with van der Waals surface area (Å²) in [5, 5.41) is 4.37. The molecule has 0 saturated carbocycles. The van der Waals surface area contributed by atoms with Crippen molar-refractivity contribution in [2.24, 2.45) is 0 Å². The summed E-state index contributed by atoms with van der Waals surface area (Å²) in [6.45, 7) is 0. The lowest BCUT2D eigenvalue weighted by Crippen LogP contribution is -2.11. The van der Waals surface area contributed by atoms with Crippen molar-refractivity contribution in [3.63, 3.8) is 0 Å². The molecule has 11 heteroatoms. The Labute approximate surface area is 222 Å². The molecule has 0 atom stereocenters. The molecule has 0 bridgehead atoms. The maximum absolute atomic E-state index is 12.7. The van der Waals surface area contributed by atoms with Gasteiger partial charge in [0.1, 0.15) is 10.5 Å². The number of esters is 4. The largest absolute Gasteiger partial charge is 0.466 e. The van der Waals surface area contributed by atoms with Crippen LogP contribution in [0.5, 0.6) is 0 Å². The molecule has 0 N–H and O–H groups in total. The highest BCUT2D eigenvalue weighted by molar-refractivity contribution is 8.12. The first kappa shape index (κ1) is 27.9. The van der Waals surface area contributed by atoms with E-state index >= 15 is 0 Å². The Morgan fingerprint density at radius 2 is 1.34 bits per heavy atom. The minimum Gasteiger partial charge on any atom is -0.466 e. The third-order valence-electron chi connectivity index (χ3n) is 5.07. The van der Waals surface area contributed by atoms with Crippen LogP contribution in [0.25, 0.3) is 10.6 Å². The van der Waals surface area contributed by atoms with E-state index in [2.05, 4.69) is 5.10 Å². The van der Waals surface area contributed by atoms with Crippen LogP contribution in [0.3, 0.4) is 0 Å².